The molecular weight excluding hydrogens is 410 g/mol. The molecule has 1 aromatic heterocycles. The van der Waals surface area contributed by atoms with E-state index in [1.54, 1.807) is 0 Å². The Morgan fingerprint density at radius 3 is 2.81 bits per heavy atom. The maximum atomic E-state index is 13.0. The third-order valence-electron chi connectivity index (χ3n) is 6.69. The number of ether oxygens (including phenoxy) is 1. The standard InChI is InChI=1S/C23H31N5O2S/c1-17-8-11-26(12-9-17)22-24-25-23(28(22)15-19-6-4-14-30-19)31-16-21(29)27-13-10-18-5-2-3-7-20(18)27/h2-3,5,7,17,19H,4,6,8-16H2,1H3/t19-/m0/s1. The molecule has 3 aliphatic heterocycles. The molecule has 2 aromatic rings. The molecule has 8 heteroatoms. The van der Waals surface area contributed by atoms with Gasteiger partial charge in [0.2, 0.25) is 11.9 Å². The van der Waals surface area contributed by atoms with Gasteiger partial charge < -0.3 is 14.5 Å². The molecule has 0 aliphatic carbocycles. The fourth-order valence-electron chi connectivity index (χ4n) is 4.78. The van der Waals surface area contributed by atoms with E-state index in [0.717, 1.165) is 74.8 Å². The van der Waals surface area contributed by atoms with Crippen LogP contribution in [0.2, 0.25) is 0 Å². The Labute approximate surface area is 188 Å². The second kappa shape index (κ2) is 9.20. The van der Waals surface area contributed by atoms with Crippen molar-refractivity contribution in [2.24, 2.45) is 5.92 Å². The van der Waals surface area contributed by atoms with Gasteiger partial charge in [0.15, 0.2) is 5.16 Å². The largest absolute Gasteiger partial charge is 0.376 e. The lowest BCUT2D eigenvalue weighted by Crippen LogP contribution is -2.35. The van der Waals surface area contributed by atoms with Crippen molar-refractivity contribution in [3.8, 4) is 0 Å². The second-order valence-corrected chi connectivity index (χ2v) is 9.85. The van der Waals surface area contributed by atoms with Crippen LogP contribution in [-0.2, 0) is 22.5 Å². The van der Waals surface area contributed by atoms with E-state index in [4.69, 9.17) is 4.74 Å². The van der Waals surface area contributed by atoms with Crippen LogP contribution in [0.5, 0.6) is 0 Å². The number of thioether (sulfide) groups is 1. The minimum atomic E-state index is 0.134. The highest BCUT2D eigenvalue weighted by molar-refractivity contribution is 7.99. The number of carbonyl (C=O) groups excluding carboxylic acids is 1. The summed E-state index contributed by atoms with van der Waals surface area (Å²) in [6.07, 6.45) is 5.68. The average Bonchev–Trinajstić information content (AvgIpc) is 3.53. The topological polar surface area (TPSA) is 63.5 Å². The lowest BCUT2D eigenvalue weighted by molar-refractivity contribution is -0.116. The van der Waals surface area contributed by atoms with Crippen LogP contribution in [-0.4, -0.2) is 58.8 Å². The van der Waals surface area contributed by atoms with Gasteiger partial charge in [-0.3, -0.25) is 9.36 Å². The lowest BCUT2D eigenvalue weighted by atomic mass is 10.00. The molecule has 4 heterocycles. The molecule has 0 unspecified atom stereocenters. The highest BCUT2D eigenvalue weighted by atomic mass is 32.2. The van der Waals surface area contributed by atoms with Crippen LogP contribution in [0.15, 0.2) is 29.4 Å². The number of carbonyl (C=O) groups is 1. The summed E-state index contributed by atoms with van der Waals surface area (Å²) in [5.41, 5.74) is 2.31. The summed E-state index contributed by atoms with van der Waals surface area (Å²) in [4.78, 5) is 17.3. The molecule has 1 atom stereocenters. The van der Waals surface area contributed by atoms with Crippen molar-refractivity contribution in [1.29, 1.82) is 0 Å². The Hall–Kier alpha value is -2.06. The number of benzene rings is 1. The van der Waals surface area contributed by atoms with Crippen molar-refractivity contribution in [3.05, 3.63) is 29.8 Å². The number of piperidine rings is 1. The van der Waals surface area contributed by atoms with Crippen LogP contribution < -0.4 is 9.80 Å². The summed E-state index contributed by atoms with van der Waals surface area (Å²) in [7, 11) is 0. The molecule has 0 radical (unpaired) electrons. The SMILES string of the molecule is CC1CCN(c2nnc(SCC(=O)N3CCc4ccccc43)n2C[C@@H]2CCCO2)CC1. The third-order valence-corrected chi connectivity index (χ3v) is 7.64. The molecule has 0 bridgehead atoms. The van der Waals surface area contributed by atoms with Crippen molar-refractivity contribution in [3.63, 3.8) is 0 Å². The predicted molar refractivity (Wildman–Crippen MR) is 123 cm³/mol. The van der Waals surface area contributed by atoms with E-state index in [9.17, 15) is 4.79 Å². The van der Waals surface area contributed by atoms with Crippen molar-refractivity contribution in [2.45, 2.75) is 56.8 Å². The maximum Gasteiger partial charge on any atom is 0.237 e. The summed E-state index contributed by atoms with van der Waals surface area (Å²) < 4.78 is 8.10. The fraction of sp³-hybridized carbons (Fsp3) is 0.609. The highest BCUT2D eigenvalue weighted by Crippen LogP contribution is 2.31. The van der Waals surface area contributed by atoms with Gasteiger partial charge in [0.25, 0.3) is 0 Å². The molecular formula is C23H31N5O2S. The van der Waals surface area contributed by atoms with Gasteiger partial charge in [-0.05, 0) is 49.7 Å². The zero-order valence-electron chi connectivity index (χ0n) is 18.2. The zero-order valence-corrected chi connectivity index (χ0v) is 19.0. The monoisotopic (exact) mass is 441 g/mol. The quantitative estimate of drug-likeness (QED) is 0.641. The smallest absolute Gasteiger partial charge is 0.237 e. The van der Waals surface area contributed by atoms with Gasteiger partial charge in [0, 0.05) is 31.9 Å². The van der Waals surface area contributed by atoms with Gasteiger partial charge in [-0.25, -0.2) is 0 Å². The Balaban J connectivity index is 1.30. The van der Waals surface area contributed by atoms with Crippen LogP contribution in [0.3, 0.4) is 0 Å². The van der Waals surface area contributed by atoms with Crippen molar-refractivity contribution >= 4 is 29.3 Å². The minimum Gasteiger partial charge on any atom is -0.376 e. The maximum absolute atomic E-state index is 13.0. The number of hydrogen-bond acceptors (Lipinski definition) is 6. The Bertz CT molecular complexity index is 918. The van der Waals surface area contributed by atoms with Crippen molar-refractivity contribution < 1.29 is 9.53 Å². The zero-order chi connectivity index (χ0) is 21.2. The van der Waals surface area contributed by atoms with Crippen LogP contribution in [0, 0.1) is 5.92 Å². The molecule has 0 spiro atoms. The third kappa shape index (κ3) is 4.46. The number of rotatable bonds is 6. The van der Waals surface area contributed by atoms with Gasteiger partial charge >= 0.3 is 0 Å². The van der Waals surface area contributed by atoms with Gasteiger partial charge in [0.05, 0.1) is 18.4 Å². The number of amides is 1. The molecule has 7 nitrogen and oxygen atoms in total. The summed E-state index contributed by atoms with van der Waals surface area (Å²) >= 11 is 1.50. The molecule has 1 aromatic carbocycles. The van der Waals surface area contributed by atoms with E-state index in [2.05, 4.69) is 32.7 Å². The molecule has 166 valence electrons. The first-order chi connectivity index (χ1) is 15.2. The number of aromatic nitrogens is 3. The first kappa shape index (κ1) is 20.8. The number of hydrogen-bond donors (Lipinski definition) is 0. The van der Waals surface area contributed by atoms with E-state index < -0.39 is 0 Å². The van der Waals surface area contributed by atoms with Gasteiger partial charge in [0.1, 0.15) is 0 Å². The fourth-order valence-corrected chi connectivity index (χ4v) is 5.60. The predicted octanol–water partition coefficient (Wildman–Crippen LogP) is 3.37. The molecule has 0 N–H and O–H groups in total. The van der Waals surface area contributed by atoms with E-state index in [1.807, 2.05) is 23.1 Å². The van der Waals surface area contributed by atoms with E-state index in [1.165, 1.54) is 30.2 Å². The van der Waals surface area contributed by atoms with Gasteiger partial charge in [-0.15, -0.1) is 10.2 Å². The second-order valence-electron chi connectivity index (χ2n) is 8.91. The van der Waals surface area contributed by atoms with Crippen molar-refractivity contribution in [2.75, 3.05) is 41.8 Å². The van der Waals surface area contributed by atoms with E-state index in [-0.39, 0.29) is 12.0 Å². The first-order valence-corrected chi connectivity index (χ1v) is 12.5. The van der Waals surface area contributed by atoms with Crippen LogP contribution >= 0.6 is 11.8 Å². The normalized spacial score (nSPS) is 21.6. The van der Waals surface area contributed by atoms with E-state index in [0.29, 0.717) is 5.75 Å². The molecule has 1 amide bonds. The molecule has 31 heavy (non-hydrogen) atoms. The van der Waals surface area contributed by atoms with Crippen LogP contribution in [0.4, 0.5) is 11.6 Å². The van der Waals surface area contributed by atoms with Crippen molar-refractivity contribution in [1.82, 2.24) is 14.8 Å². The summed E-state index contributed by atoms with van der Waals surface area (Å²) in [6, 6.07) is 8.19. The number of fused-ring (bicyclic) bond motifs is 1. The Kier molecular flexibility index (Phi) is 6.18. The molecule has 0 saturated carbocycles. The minimum absolute atomic E-state index is 0.134. The number of nitrogens with zero attached hydrogens (tertiary/aromatic N) is 5. The molecule has 2 fully saturated rings. The summed E-state index contributed by atoms with van der Waals surface area (Å²) in [5.74, 6) is 2.20. The molecule has 3 aliphatic rings. The van der Waals surface area contributed by atoms with Gasteiger partial charge in [-0.1, -0.05) is 36.9 Å². The number of anilines is 2. The van der Waals surface area contributed by atoms with Gasteiger partial charge in [-0.2, -0.15) is 0 Å². The lowest BCUT2D eigenvalue weighted by Gasteiger charge is -2.31. The molecule has 2 saturated heterocycles. The van der Waals surface area contributed by atoms with Crippen LogP contribution in [0.1, 0.15) is 38.2 Å². The first-order valence-electron chi connectivity index (χ1n) is 11.5. The number of para-hydroxylation sites is 1. The Morgan fingerprint density at radius 1 is 1.16 bits per heavy atom. The average molecular weight is 442 g/mol. The molecule has 5 rings (SSSR count). The summed E-state index contributed by atoms with van der Waals surface area (Å²) in [5, 5.41) is 9.88. The Morgan fingerprint density at radius 2 is 2.00 bits per heavy atom. The highest BCUT2D eigenvalue weighted by Gasteiger charge is 2.28. The van der Waals surface area contributed by atoms with Crippen LogP contribution in [0.25, 0.3) is 0 Å². The summed E-state index contributed by atoms with van der Waals surface area (Å²) in [6.45, 7) is 6.70. The van der Waals surface area contributed by atoms with E-state index >= 15 is 0 Å².